The number of nitrogens with zero attached hydrogens (tertiary/aromatic N) is 3. The third kappa shape index (κ3) is 2.92. The van der Waals surface area contributed by atoms with E-state index >= 15 is 0 Å². The first-order chi connectivity index (χ1) is 11.1. The SMILES string of the molecule is CCC(=O)N1Cc2nc(NC3CCOCC3)ncc2C1(C)CC. The molecule has 2 aliphatic rings. The molecule has 1 N–H and O–H groups in total. The Morgan fingerprint density at radius 2 is 2.17 bits per heavy atom. The van der Waals surface area contributed by atoms with E-state index in [1.165, 1.54) is 0 Å². The van der Waals surface area contributed by atoms with E-state index in [9.17, 15) is 4.79 Å². The van der Waals surface area contributed by atoms with Crippen LogP contribution in [0.3, 0.4) is 0 Å². The van der Waals surface area contributed by atoms with Gasteiger partial charge in [0.15, 0.2) is 0 Å². The third-order valence-electron chi connectivity index (χ3n) is 5.20. The second-order valence-electron chi connectivity index (χ2n) is 6.55. The molecule has 1 aromatic heterocycles. The normalized spacial score (nSPS) is 24.6. The van der Waals surface area contributed by atoms with Crippen molar-refractivity contribution in [3.05, 3.63) is 17.5 Å². The first-order valence-corrected chi connectivity index (χ1v) is 8.59. The van der Waals surface area contributed by atoms with Crippen molar-refractivity contribution in [3.8, 4) is 0 Å². The van der Waals surface area contributed by atoms with Crippen LogP contribution in [0.4, 0.5) is 5.95 Å². The molecular formula is C17H26N4O2. The number of aromatic nitrogens is 2. The quantitative estimate of drug-likeness (QED) is 0.923. The van der Waals surface area contributed by atoms with E-state index < -0.39 is 0 Å². The molecule has 1 aromatic rings. The largest absolute Gasteiger partial charge is 0.381 e. The van der Waals surface area contributed by atoms with Crippen LogP contribution in [0.15, 0.2) is 6.20 Å². The van der Waals surface area contributed by atoms with Crippen LogP contribution in [0.1, 0.15) is 57.7 Å². The summed E-state index contributed by atoms with van der Waals surface area (Å²) in [6.45, 7) is 8.29. The van der Waals surface area contributed by atoms with Gasteiger partial charge in [0.25, 0.3) is 0 Å². The van der Waals surface area contributed by atoms with Gasteiger partial charge in [0.1, 0.15) is 0 Å². The molecule has 3 heterocycles. The van der Waals surface area contributed by atoms with E-state index in [0.717, 1.165) is 43.7 Å². The molecule has 6 heteroatoms. The number of rotatable bonds is 4. The number of carbonyl (C=O) groups excluding carboxylic acids is 1. The molecule has 3 rings (SSSR count). The summed E-state index contributed by atoms with van der Waals surface area (Å²) in [5.74, 6) is 0.839. The van der Waals surface area contributed by atoms with Gasteiger partial charge in [-0.15, -0.1) is 0 Å². The molecule has 0 aromatic carbocycles. The second-order valence-corrected chi connectivity index (χ2v) is 6.55. The molecule has 1 amide bonds. The number of amides is 1. The summed E-state index contributed by atoms with van der Waals surface area (Å²) in [6.07, 6.45) is 5.24. The molecular weight excluding hydrogens is 292 g/mol. The van der Waals surface area contributed by atoms with Crippen LogP contribution in [0.2, 0.25) is 0 Å². The number of ether oxygens (including phenoxy) is 1. The van der Waals surface area contributed by atoms with Gasteiger partial charge in [-0.1, -0.05) is 13.8 Å². The third-order valence-corrected chi connectivity index (χ3v) is 5.20. The molecule has 0 bridgehead atoms. The van der Waals surface area contributed by atoms with Gasteiger partial charge in [-0.3, -0.25) is 4.79 Å². The van der Waals surface area contributed by atoms with E-state index in [-0.39, 0.29) is 11.4 Å². The predicted molar refractivity (Wildman–Crippen MR) is 88.0 cm³/mol. The Morgan fingerprint density at radius 1 is 1.43 bits per heavy atom. The average molecular weight is 318 g/mol. The molecule has 6 nitrogen and oxygen atoms in total. The molecule has 0 aliphatic carbocycles. The standard InChI is InChI=1S/C17H26N4O2/c1-4-15(22)21-11-14-13(17(21,3)5-2)10-18-16(20-14)19-12-6-8-23-9-7-12/h10,12H,4-9,11H2,1-3H3,(H,18,19,20). The molecule has 2 aliphatic heterocycles. The van der Waals surface area contributed by atoms with Crippen molar-refractivity contribution >= 4 is 11.9 Å². The van der Waals surface area contributed by atoms with Gasteiger partial charge >= 0.3 is 0 Å². The number of fused-ring (bicyclic) bond motifs is 1. The molecule has 1 unspecified atom stereocenters. The highest BCUT2D eigenvalue weighted by Crippen LogP contribution is 2.41. The first-order valence-electron chi connectivity index (χ1n) is 8.59. The van der Waals surface area contributed by atoms with Crippen LogP contribution in [0, 0.1) is 0 Å². The van der Waals surface area contributed by atoms with E-state index in [1.54, 1.807) is 0 Å². The summed E-state index contributed by atoms with van der Waals surface area (Å²) in [4.78, 5) is 23.5. The van der Waals surface area contributed by atoms with Crippen LogP contribution in [0.5, 0.6) is 0 Å². The van der Waals surface area contributed by atoms with E-state index in [0.29, 0.717) is 25.0 Å². The Labute approximate surface area is 137 Å². The summed E-state index contributed by atoms with van der Waals surface area (Å²) >= 11 is 0. The first kappa shape index (κ1) is 16.2. The lowest BCUT2D eigenvalue weighted by Gasteiger charge is -2.34. The Hall–Kier alpha value is -1.69. The molecule has 0 spiro atoms. The zero-order valence-electron chi connectivity index (χ0n) is 14.3. The van der Waals surface area contributed by atoms with Gasteiger partial charge in [-0.2, -0.15) is 0 Å². The Bertz CT molecular complexity index is 586. The molecule has 0 saturated carbocycles. The minimum Gasteiger partial charge on any atom is -0.381 e. The number of hydrogen-bond donors (Lipinski definition) is 1. The van der Waals surface area contributed by atoms with Crippen molar-refractivity contribution in [1.82, 2.24) is 14.9 Å². The fourth-order valence-electron chi connectivity index (χ4n) is 3.49. The van der Waals surface area contributed by atoms with Crippen molar-refractivity contribution < 1.29 is 9.53 Å². The molecule has 1 saturated heterocycles. The fourth-order valence-corrected chi connectivity index (χ4v) is 3.49. The van der Waals surface area contributed by atoms with Crippen LogP contribution < -0.4 is 5.32 Å². The Balaban J connectivity index is 1.83. The van der Waals surface area contributed by atoms with E-state index in [1.807, 2.05) is 18.0 Å². The maximum atomic E-state index is 12.3. The zero-order valence-corrected chi connectivity index (χ0v) is 14.3. The van der Waals surface area contributed by atoms with Gasteiger partial charge in [-0.25, -0.2) is 9.97 Å². The van der Waals surface area contributed by atoms with Crippen molar-refractivity contribution in [3.63, 3.8) is 0 Å². The molecule has 0 radical (unpaired) electrons. The zero-order chi connectivity index (χ0) is 16.4. The van der Waals surface area contributed by atoms with E-state index in [2.05, 4.69) is 24.1 Å². The molecule has 1 fully saturated rings. The molecule has 126 valence electrons. The number of anilines is 1. The smallest absolute Gasteiger partial charge is 0.223 e. The van der Waals surface area contributed by atoms with Gasteiger partial charge in [0.2, 0.25) is 11.9 Å². The monoisotopic (exact) mass is 318 g/mol. The van der Waals surface area contributed by atoms with Gasteiger partial charge in [0, 0.05) is 37.4 Å². The van der Waals surface area contributed by atoms with Crippen LogP contribution in [0.25, 0.3) is 0 Å². The molecule has 23 heavy (non-hydrogen) atoms. The second kappa shape index (κ2) is 6.43. The highest BCUT2D eigenvalue weighted by Gasteiger charge is 2.43. The lowest BCUT2D eigenvalue weighted by molar-refractivity contribution is -0.137. The van der Waals surface area contributed by atoms with E-state index in [4.69, 9.17) is 9.72 Å². The number of hydrogen-bond acceptors (Lipinski definition) is 5. The highest BCUT2D eigenvalue weighted by molar-refractivity contribution is 5.78. The van der Waals surface area contributed by atoms with Crippen LogP contribution >= 0.6 is 0 Å². The minimum absolute atomic E-state index is 0.172. The summed E-state index contributed by atoms with van der Waals surface area (Å²) in [6, 6.07) is 0.370. The van der Waals surface area contributed by atoms with Crippen molar-refractivity contribution in [2.45, 2.75) is 64.6 Å². The Morgan fingerprint density at radius 3 is 2.83 bits per heavy atom. The van der Waals surface area contributed by atoms with Gasteiger partial charge < -0.3 is 15.0 Å². The topological polar surface area (TPSA) is 67.4 Å². The number of carbonyl (C=O) groups is 1. The summed E-state index contributed by atoms with van der Waals surface area (Å²) in [5.41, 5.74) is 1.76. The Kier molecular flexibility index (Phi) is 4.53. The summed E-state index contributed by atoms with van der Waals surface area (Å²) in [5, 5.41) is 3.41. The van der Waals surface area contributed by atoms with Crippen molar-refractivity contribution in [2.75, 3.05) is 18.5 Å². The maximum Gasteiger partial charge on any atom is 0.223 e. The predicted octanol–water partition coefficient (Wildman–Crippen LogP) is 2.44. The highest BCUT2D eigenvalue weighted by atomic mass is 16.5. The van der Waals surface area contributed by atoms with Gasteiger partial charge in [0.05, 0.1) is 17.8 Å². The van der Waals surface area contributed by atoms with Crippen LogP contribution in [-0.4, -0.2) is 40.0 Å². The minimum atomic E-state index is -0.292. The summed E-state index contributed by atoms with van der Waals surface area (Å²) < 4.78 is 5.38. The average Bonchev–Trinajstić information content (AvgIpc) is 2.88. The van der Waals surface area contributed by atoms with Gasteiger partial charge in [-0.05, 0) is 26.2 Å². The number of nitrogens with one attached hydrogen (secondary N) is 1. The lowest BCUT2D eigenvalue weighted by atomic mass is 9.91. The van der Waals surface area contributed by atoms with Crippen molar-refractivity contribution in [2.24, 2.45) is 0 Å². The molecule has 1 atom stereocenters. The maximum absolute atomic E-state index is 12.3. The van der Waals surface area contributed by atoms with Crippen molar-refractivity contribution in [1.29, 1.82) is 0 Å². The fraction of sp³-hybridized carbons (Fsp3) is 0.706. The summed E-state index contributed by atoms with van der Waals surface area (Å²) in [7, 11) is 0. The van der Waals surface area contributed by atoms with Crippen LogP contribution in [-0.2, 0) is 21.6 Å². The lowest BCUT2D eigenvalue weighted by Crippen LogP contribution is -2.41.